The van der Waals surface area contributed by atoms with E-state index in [1.165, 1.54) is 11.3 Å². The average molecular weight is 242 g/mol. The molecule has 0 spiro atoms. The third kappa shape index (κ3) is 2.49. The highest BCUT2D eigenvalue weighted by Gasteiger charge is 2.29. The SMILES string of the molecule is Cc1ccccc1N(C)NC1(C)C=CC=CC1C. The van der Waals surface area contributed by atoms with Crippen LogP contribution in [0.15, 0.2) is 48.6 Å². The summed E-state index contributed by atoms with van der Waals surface area (Å²) < 4.78 is 0. The highest BCUT2D eigenvalue weighted by atomic mass is 15.5. The van der Waals surface area contributed by atoms with E-state index in [9.17, 15) is 0 Å². The minimum absolute atomic E-state index is 0.0359. The Balaban J connectivity index is 2.17. The van der Waals surface area contributed by atoms with Gasteiger partial charge in [-0.2, -0.15) is 0 Å². The van der Waals surface area contributed by atoms with Gasteiger partial charge in [-0.25, -0.2) is 5.43 Å². The lowest BCUT2D eigenvalue weighted by Crippen LogP contribution is -2.54. The van der Waals surface area contributed by atoms with Crippen molar-refractivity contribution in [3.63, 3.8) is 0 Å². The summed E-state index contributed by atoms with van der Waals surface area (Å²) in [6, 6.07) is 8.41. The minimum Gasteiger partial charge on any atom is -0.310 e. The zero-order valence-electron chi connectivity index (χ0n) is 11.6. The van der Waals surface area contributed by atoms with E-state index in [0.29, 0.717) is 5.92 Å². The summed E-state index contributed by atoms with van der Waals surface area (Å²) in [5.41, 5.74) is 6.05. The van der Waals surface area contributed by atoms with Crippen LogP contribution in [0.4, 0.5) is 5.69 Å². The summed E-state index contributed by atoms with van der Waals surface area (Å²) >= 11 is 0. The van der Waals surface area contributed by atoms with Crippen LogP contribution in [0.5, 0.6) is 0 Å². The van der Waals surface area contributed by atoms with Gasteiger partial charge in [-0.1, -0.05) is 49.4 Å². The summed E-state index contributed by atoms with van der Waals surface area (Å²) in [7, 11) is 2.08. The Morgan fingerprint density at radius 3 is 2.61 bits per heavy atom. The molecule has 0 amide bonds. The number of hydrazine groups is 1. The van der Waals surface area contributed by atoms with Gasteiger partial charge in [-0.3, -0.25) is 0 Å². The molecule has 1 aromatic rings. The molecule has 2 rings (SSSR count). The van der Waals surface area contributed by atoms with Gasteiger partial charge in [0.2, 0.25) is 0 Å². The maximum Gasteiger partial charge on any atom is 0.0587 e. The second-order valence-corrected chi connectivity index (χ2v) is 5.27. The van der Waals surface area contributed by atoms with Crippen LogP contribution < -0.4 is 10.4 Å². The first-order valence-electron chi connectivity index (χ1n) is 6.46. The van der Waals surface area contributed by atoms with Crippen molar-refractivity contribution in [1.82, 2.24) is 5.43 Å². The molecule has 0 saturated carbocycles. The maximum absolute atomic E-state index is 3.60. The summed E-state index contributed by atoms with van der Waals surface area (Å²) in [4.78, 5) is 0. The Hall–Kier alpha value is -1.54. The fourth-order valence-electron chi connectivity index (χ4n) is 2.34. The standard InChI is InChI=1S/C16H22N2/c1-13-9-5-6-11-15(13)18(4)17-16(3)12-8-7-10-14(16)2/h5-12,14,17H,1-4H3. The molecule has 1 aliphatic carbocycles. The largest absolute Gasteiger partial charge is 0.310 e. The number of hydrogen-bond acceptors (Lipinski definition) is 2. The van der Waals surface area contributed by atoms with Crippen LogP contribution in [0, 0.1) is 12.8 Å². The molecule has 0 heterocycles. The average Bonchev–Trinajstić information content (AvgIpc) is 2.33. The van der Waals surface area contributed by atoms with Crippen molar-refractivity contribution in [2.45, 2.75) is 26.3 Å². The molecular weight excluding hydrogens is 220 g/mol. The number of para-hydroxylation sites is 1. The fourth-order valence-corrected chi connectivity index (χ4v) is 2.34. The number of nitrogens with one attached hydrogen (secondary N) is 1. The predicted octanol–water partition coefficient (Wildman–Crippen LogP) is 3.46. The molecule has 0 saturated heterocycles. The van der Waals surface area contributed by atoms with E-state index >= 15 is 0 Å². The van der Waals surface area contributed by atoms with Crippen molar-refractivity contribution in [1.29, 1.82) is 0 Å². The number of allylic oxidation sites excluding steroid dienone is 2. The lowest BCUT2D eigenvalue weighted by molar-refractivity contribution is 0.349. The number of rotatable bonds is 3. The number of hydrogen-bond donors (Lipinski definition) is 1. The van der Waals surface area contributed by atoms with Crippen LogP contribution >= 0.6 is 0 Å². The van der Waals surface area contributed by atoms with Gasteiger partial charge in [-0.05, 0) is 31.4 Å². The molecule has 2 atom stereocenters. The molecule has 1 aromatic carbocycles. The molecule has 2 unspecified atom stereocenters. The highest BCUT2D eigenvalue weighted by molar-refractivity contribution is 5.51. The minimum atomic E-state index is -0.0359. The second kappa shape index (κ2) is 4.99. The monoisotopic (exact) mass is 242 g/mol. The zero-order chi connectivity index (χ0) is 13.2. The number of nitrogens with zero attached hydrogens (tertiary/aromatic N) is 1. The first kappa shape index (κ1) is 12.9. The van der Waals surface area contributed by atoms with Crippen LogP contribution in [-0.4, -0.2) is 12.6 Å². The van der Waals surface area contributed by atoms with Crippen LogP contribution in [-0.2, 0) is 0 Å². The van der Waals surface area contributed by atoms with E-state index in [-0.39, 0.29) is 5.54 Å². The number of anilines is 1. The molecule has 96 valence electrons. The molecule has 0 aliphatic heterocycles. The molecule has 18 heavy (non-hydrogen) atoms. The summed E-state index contributed by atoms with van der Waals surface area (Å²) in [5.74, 6) is 0.467. The molecule has 0 bridgehead atoms. The number of benzene rings is 1. The van der Waals surface area contributed by atoms with Gasteiger partial charge in [-0.15, -0.1) is 0 Å². The van der Waals surface area contributed by atoms with Gasteiger partial charge < -0.3 is 5.01 Å². The first-order valence-corrected chi connectivity index (χ1v) is 6.46. The molecule has 0 fully saturated rings. The molecule has 0 radical (unpaired) electrons. The molecule has 0 aromatic heterocycles. The Kier molecular flexibility index (Phi) is 3.58. The van der Waals surface area contributed by atoms with Crippen LogP contribution in [0.1, 0.15) is 19.4 Å². The van der Waals surface area contributed by atoms with Crippen molar-refractivity contribution < 1.29 is 0 Å². The van der Waals surface area contributed by atoms with Crippen LogP contribution in [0.3, 0.4) is 0 Å². The van der Waals surface area contributed by atoms with Crippen LogP contribution in [0.2, 0.25) is 0 Å². The lowest BCUT2D eigenvalue weighted by Gasteiger charge is -2.39. The normalized spacial score (nSPS) is 26.3. The molecule has 2 heteroatoms. The Morgan fingerprint density at radius 1 is 1.22 bits per heavy atom. The zero-order valence-corrected chi connectivity index (χ0v) is 11.6. The van der Waals surface area contributed by atoms with E-state index in [4.69, 9.17) is 0 Å². The summed E-state index contributed by atoms with van der Waals surface area (Å²) in [6.07, 6.45) is 8.69. The Morgan fingerprint density at radius 2 is 1.94 bits per heavy atom. The van der Waals surface area contributed by atoms with Gasteiger partial charge in [0.05, 0.1) is 11.2 Å². The van der Waals surface area contributed by atoms with Crippen molar-refractivity contribution >= 4 is 5.69 Å². The topological polar surface area (TPSA) is 15.3 Å². The van der Waals surface area contributed by atoms with E-state index in [1.54, 1.807) is 0 Å². The molecule has 1 N–H and O–H groups in total. The fraction of sp³-hybridized carbons (Fsp3) is 0.375. The van der Waals surface area contributed by atoms with Crippen molar-refractivity contribution in [3.8, 4) is 0 Å². The first-order chi connectivity index (χ1) is 8.53. The Labute approximate surface area is 110 Å². The van der Waals surface area contributed by atoms with E-state index in [0.717, 1.165) is 0 Å². The molecule has 1 aliphatic rings. The lowest BCUT2D eigenvalue weighted by atomic mass is 9.84. The summed E-state index contributed by atoms with van der Waals surface area (Å²) in [5, 5.41) is 2.12. The maximum atomic E-state index is 3.60. The van der Waals surface area contributed by atoms with Gasteiger partial charge in [0, 0.05) is 7.05 Å². The van der Waals surface area contributed by atoms with Gasteiger partial charge in [0.1, 0.15) is 0 Å². The highest BCUT2D eigenvalue weighted by Crippen LogP contribution is 2.26. The van der Waals surface area contributed by atoms with Gasteiger partial charge in [0.25, 0.3) is 0 Å². The third-order valence-electron chi connectivity index (χ3n) is 3.78. The Bertz CT molecular complexity index is 476. The van der Waals surface area contributed by atoms with E-state index < -0.39 is 0 Å². The van der Waals surface area contributed by atoms with Crippen molar-refractivity contribution in [3.05, 3.63) is 54.1 Å². The second-order valence-electron chi connectivity index (χ2n) is 5.27. The predicted molar refractivity (Wildman–Crippen MR) is 78.6 cm³/mol. The van der Waals surface area contributed by atoms with Gasteiger partial charge >= 0.3 is 0 Å². The summed E-state index contributed by atoms with van der Waals surface area (Å²) in [6.45, 7) is 6.60. The third-order valence-corrected chi connectivity index (χ3v) is 3.78. The quantitative estimate of drug-likeness (QED) is 0.817. The van der Waals surface area contributed by atoms with E-state index in [1.807, 2.05) is 0 Å². The van der Waals surface area contributed by atoms with Crippen molar-refractivity contribution in [2.75, 3.05) is 12.1 Å². The van der Waals surface area contributed by atoms with Crippen molar-refractivity contribution in [2.24, 2.45) is 5.92 Å². The number of aryl methyl sites for hydroxylation is 1. The smallest absolute Gasteiger partial charge is 0.0587 e. The van der Waals surface area contributed by atoms with Gasteiger partial charge in [0.15, 0.2) is 0 Å². The van der Waals surface area contributed by atoms with Crippen LogP contribution in [0.25, 0.3) is 0 Å². The van der Waals surface area contributed by atoms with E-state index in [2.05, 4.69) is 86.8 Å². The molecule has 2 nitrogen and oxygen atoms in total. The molecular formula is C16H22N2.